The van der Waals surface area contributed by atoms with Gasteiger partial charge in [0.1, 0.15) is 59.2 Å². The maximum Gasteiger partial charge on any atom is 0.329 e. The highest BCUT2D eigenvalue weighted by Gasteiger charge is 2.53. The van der Waals surface area contributed by atoms with Crippen molar-refractivity contribution < 1.29 is 114 Å². The zero-order valence-electron chi connectivity index (χ0n) is 75.9. The van der Waals surface area contributed by atoms with Crippen LogP contribution in [-0.4, -0.2) is 298 Å². The molecule has 0 spiro atoms. The molecule has 3 fully saturated rings. The summed E-state index contributed by atoms with van der Waals surface area (Å²) in [6.45, 7) is 21.6. The minimum Gasteiger partial charge on any atom is -0.460 e. The molecule has 2 amide bonds. The second-order valence-electron chi connectivity index (χ2n) is 33.4. The molecule has 15 atom stereocenters. The first kappa shape index (κ1) is 102. The summed E-state index contributed by atoms with van der Waals surface area (Å²) in [5.41, 5.74) is 17.1. The Morgan fingerprint density at radius 3 is 2.00 bits per heavy atom. The monoisotopic (exact) mass is 1780 g/mol. The van der Waals surface area contributed by atoms with E-state index < -0.39 is 83.7 Å². The average Bonchev–Trinajstić information content (AvgIpc) is 1.44. The summed E-state index contributed by atoms with van der Waals surface area (Å²) in [5, 5.41) is 41.1. The van der Waals surface area contributed by atoms with Gasteiger partial charge in [0.15, 0.2) is 17.0 Å². The zero-order chi connectivity index (χ0) is 91.0. The van der Waals surface area contributed by atoms with Crippen LogP contribution in [-0.2, 0) is 113 Å². The molecule has 7 heterocycles. The Balaban J connectivity index is 0.587. The normalized spacial score (nSPS) is 26.5. The number of fused-ring (bicyclic) bond motifs is 5. The number of aliphatic hydroxyl groups excluding tert-OH is 1. The Hall–Kier alpha value is -8.28. The average molecular weight is 1780 g/mol. The van der Waals surface area contributed by atoms with Crippen LogP contribution in [0, 0.1) is 35.5 Å². The number of nitrogens with one attached hydrogen (secondary N) is 1. The van der Waals surface area contributed by atoms with Gasteiger partial charge in [-0.3, -0.25) is 24.0 Å². The number of nitrogens with two attached hydrogens (primary N) is 2. The highest BCUT2D eigenvalue weighted by atomic mass is 16.6. The number of rotatable bonds is 45. The van der Waals surface area contributed by atoms with Crippen molar-refractivity contribution in [2.45, 2.75) is 212 Å². The number of cyclic esters (lactones) is 1. The minimum atomic E-state index is -2.47. The molecule has 2 saturated heterocycles. The molecule has 7 N–H and O–H groups in total. The smallest absolute Gasteiger partial charge is 0.329 e. The number of amides is 2. The first-order chi connectivity index (χ1) is 61.4. The number of ether oxygens (including phenoxy) is 15. The number of allylic oxidation sites excluding steroid dienone is 6. The predicted molar refractivity (Wildman–Crippen MR) is 469 cm³/mol. The first-order valence-electron chi connectivity index (χ1n) is 45.0. The molecule has 9 rings (SSSR count). The van der Waals surface area contributed by atoms with E-state index in [-0.39, 0.29) is 86.5 Å². The lowest BCUT2D eigenvalue weighted by molar-refractivity contribution is -0.265. The van der Waals surface area contributed by atoms with Crippen molar-refractivity contribution in [1.29, 1.82) is 0 Å². The van der Waals surface area contributed by atoms with Gasteiger partial charge in [-0.15, -0.1) is 5.10 Å². The van der Waals surface area contributed by atoms with Gasteiger partial charge in [-0.25, -0.2) is 24.1 Å². The van der Waals surface area contributed by atoms with E-state index >= 15 is 0 Å². The number of hydrogen-bond donors (Lipinski definition) is 5. The van der Waals surface area contributed by atoms with Gasteiger partial charge in [0.25, 0.3) is 17.7 Å². The van der Waals surface area contributed by atoms with Crippen LogP contribution in [0.3, 0.4) is 0 Å². The second-order valence-corrected chi connectivity index (χ2v) is 33.4. The van der Waals surface area contributed by atoms with Crippen LogP contribution in [0.2, 0.25) is 0 Å². The lowest BCUT2D eigenvalue weighted by atomic mass is 9.77. The number of piperidine rings is 1. The molecule has 5 aromatic rings. The number of oxazole rings is 1. The number of nitrogens with zero attached hydrogens (tertiary/aromatic N) is 9. The predicted octanol–water partition coefficient (Wildman–Crippen LogP) is 8.42. The molecule has 706 valence electrons. The number of Topliss-reactive ketones (excluding diaryl/α,β-unsaturated/α-hetero) is 3. The number of anilines is 2. The molecule has 1 saturated carbocycles. The minimum absolute atomic E-state index is 0.0103. The van der Waals surface area contributed by atoms with Gasteiger partial charge in [-0.05, 0) is 138 Å². The molecule has 1 aromatic carbocycles. The van der Waals surface area contributed by atoms with E-state index in [9.17, 15) is 39.0 Å². The Labute approximate surface area is 744 Å². The molecule has 4 aromatic heterocycles. The van der Waals surface area contributed by atoms with Gasteiger partial charge in [0, 0.05) is 83.5 Å². The van der Waals surface area contributed by atoms with E-state index in [2.05, 4.69) is 30.6 Å². The van der Waals surface area contributed by atoms with Gasteiger partial charge in [0.05, 0.1) is 168 Å². The third-order valence-electron chi connectivity index (χ3n) is 23.8. The third-order valence-corrected chi connectivity index (χ3v) is 23.8. The van der Waals surface area contributed by atoms with Crippen LogP contribution < -0.4 is 16.8 Å². The quantitative estimate of drug-likeness (QED) is 0.0106. The fourth-order valence-corrected chi connectivity index (χ4v) is 16.5. The van der Waals surface area contributed by atoms with Gasteiger partial charge >= 0.3 is 5.97 Å². The second kappa shape index (κ2) is 54.4. The summed E-state index contributed by atoms with van der Waals surface area (Å²) in [5.74, 6) is -8.11. The molecule has 36 nitrogen and oxygen atoms in total. The van der Waals surface area contributed by atoms with Gasteiger partial charge in [-0.2, -0.15) is 10.1 Å². The summed E-state index contributed by atoms with van der Waals surface area (Å²) in [4.78, 5) is 98.8. The summed E-state index contributed by atoms with van der Waals surface area (Å²) in [6, 6.07) is 4.25. The summed E-state index contributed by atoms with van der Waals surface area (Å²) in [7, 11) is 4.62. The van der Waals surface area contributed by atoms with Gasteiger partial charge < -0.3 is 107 Å². The van der Waals surface area contributed by atoms with Crippen LogP contribution in [0.5, 0.6) is 0 Å². The molecular formula is C91H138N12O24. The summed E-state index contributed by atoms with van der Waals surface area (Å²) < 4.78 is 95.8. The van der Waals surface area contributed by atoms with Crippen molar-refractivity contribution in [3.05, 3.63) is 84.0 Å². The van der Waals surface area contributed by atoms with Crippen molar-refractivity contribution in [2.24, 2.45) is 35.5 Å². The van der Waals surface area contributed by atoms with Crippen LogP contribution in [0.15, 0.2) is 82.7 Å². The lowest BCUT2D eigenvalue weighted by Crippen LogP contribution is -2.61. The Bertz CT molecular complexity index is 4320. The fourth-order valence-electron chi connectivity index (χ4n) is 16.5. The number of methoxy groups -OCH3 is 3. The van der Waals surface area contributed by atoms with E-state index in [0.717, 1.165) is 30.4 Å². The highest BCUT2D eigenvalue weighted by molar-refractivity contribution is 6.39. The lowest BCUT2D eigenvalue weighted by Gasteiger charge is -2.42. The molecule has 36 heteroatoms. The van der Waals surface area contributed by atoms with E-state index in [4.69, 9.17) is 92.0 Å². The van der Waals surface area contributed by atoms with E-state index in [1.165, 1.54) is 18.3 Å². The molecule has 2 bridgehead atoms. The number of hydrogen-bond acceptors (Lipinski definition) is 32. The zero-order valence-corrected chi connectivity index (χ0v) is 75.9. The SMILES string of the molecule is CO[C@H]1C[C@@H]2CC[C@@H](C)[C@@](O)(O2)C(=O)C(=O)N2CCCC[C@H]2C(=O)O[C@H]([C@H](C)C[C@@H]2CC[C@H](n3cc(COCCOCCOCCOCCOCCOCCOCCOCCOCCOCCC(=O)NCCCCn4nc(-c5ccc6oc(N)nc6c5)c5c(N)ncnc54)nn3)[C@H](OC)C2)CC(=O)[C@H](C)/C=C(\C)[C@@H](O)[C@@H](OC)C(=O)[C@H](C)C[C@H](C)/C=C/C=C/C=C/1C. The number of ketones is 3. The maximum absolute atomic E-state index is 14.8. The molecular weight excluding hydrogens is 1650 g/mol. The Kier molecular flexibility index (Phi) is 43.9. The van der Waals surface area contributed by atoms with Gasteiger partial charge in [-0.1, -0.05) is 76.3 Å². The van der Waals surface area contributed by atoms with E-state index in [1.54, 1.807) is 51.8 Å². The molecule has 1 aliphatic carbocycles. The first-order valence-corrected chi connectivity index (χ1v) is 45.0. The van der Waals surface area contributed by atoms with Crippen molar-refractivity contribution in [3.63, 3.8) is 0 Å². The van der Waals surface area contributed by atoms with Crippen LogP contribution in [0.4, 0.5) is 11.8 Å². The van der Waals surface area contributed by atoms with E-state index in [1.807, 2.05) is 81.1 Å². The van der Waals surface area contributed by atoms with Gasteiger partial charge in [0.2, 0.25) is 11.7 Å². The van der Waals surface area contributed by atoms with Crippen LogP contribution in [0.25, 0.3) is 33.4 Å². The number of unbranched alkanes of at least 4 members (excludes halogenated alkanes) is 1. The largest absolute Gasteiger partial charge is 0.460 e. The molecule has 3 aliphatic heterocycles. The molecule has 4 aliphatic rings. The standard InChI is InChI=1S/C91H138N12O24/c1-60-18-12-11-13-19-61(2)76(112-8)55-70-24-21-66(7)91(111,127-70)85(108)88(109)101-29-16-14-20-73(101)89(110)125-77(56-74(104)62(3)51-65(6)83(107)84(114-10)82(106)64(5)50-60)63(4)52-67-22-25-72(78(53-67)113-9)103-57-69(98-100-103)58-124-49-48-123-47-46-122-45-44-121-43-42-120-41-40-119-39-38-118-37-36-117-35-34-116-33-32-115-31-27-79(105)94-28-15-17-30-102-87-80(86(92)95-59-96-87)81(99-102)68-23-26-75-71(54-68)97-90(93)126-75/h11-13,18-19,23,26,51,54,57,59-60,62-64,66-67,70,72-73,76-78,83-84,107,111H,14-17,20-22,24-25,27-50,52-53,55-56,58H2,1-10H3,(H2,93,97)(H,94,105)(H2,92,95,96)/b13-11+,18-12+,61-19+,65-51+/t60-,62-,63-,64-,66-,67+,70+,72+,73+,76+,77+,78-,83-,84+,91-/m1/s1. The number of aliphatic hydroxyl groups is 2. The number of carbonyl (C=O) groups excluding carboxylic acids is 6. The molecule has 0 unspecified atom stereocenters. The highest BCUT2D eigenvalue weighted by Crippen LogP contribution is 2.41. The van der Waals surface area contributed by atoms with Crippen molar-refractivity contribution in [3.8, 4) is 11.3 Å². The Morgan fingerprint density at radius 1 is 0.717 bits per heavy atom. The van der Waals surface area contributed by atoms with Crippen molar-refractivity contribution in [2.75, 3.05) is 171 Å². The number of aromatic nitrogens is 8. The Morgan fingerprint density at radius 2 is 1.36 bits per heavy atom. The number of nitrogen functional groups attached to an aromatic ring is 2. The summed E-state index contributed by atoms with van der Waals surface area (Å²) >= 11 is 0. The topological polar surface area (TPSA) is 449 Å². The summed E-state index contributed by atoms with van der Waals surface area (Å²) in [6.07, 6.45) is 16.6. The maximum atomic E-state index is 14.8. The molecule has 127 heavy (non-hydrogen) atoms. The molecule has 0 radical (unpaired) electrons. The number of carbonyl (C=O) groups is 6. The van der Waals surface area contributed by atoms with Crippen molar-refractivity contribution >= 4 is 69.1 Å². The number of aryl methyl sites for hydroxylation is 1. The number of esters is 1. The van der Waals surface area contributed by atoms with Crippen LogP contribution in [0.1, 0.15) is 157 Å². The van der Waals surface area contributed by atoms with Crippen LogP contribution >= 0.6 is 0 Å². The third kappa shape index (κ3) is 32.1. The van der Waals surface area contributed by atoms with Crippen molar-refractivity contribution in [1.82, 2.24) is 49.9 Å². The number of benzene rings is 1. The fraction of sp³-hybridized carbons (Fsp3) is 0.692. The van der Waals surface area contributed by atoms with E-state index in [0.29, 0.717) is 235 Å².